The van der Waals surface area contributed by atoms with E-state index in [1.165, 1.54) is 5.54 Å². The van der Waals surface area contributed by atoms with E-state index in [0.29, 0.717) is 11.0 Å². The average molecular weight is 249 g/mol. The lowest BCUT2D eigenvalue weighted by Crippen LogP contribution is -2.18. The molecule has 0 amide bonds. The lowest BCUT2D eigenvalue weighted by molar-refractivity contribution is 0.775. The van der Waals surface area contributed by atoms with Gasteiger partial charge in [0.05, 0.1) is 4.47 Å². The summed E-state index contributed by atoms with van der Waals surface area (Å²) in [5.74, 6) is 0. The van der Waals surface area contributed by atoms with Crippen molar-refractivity contribution in [1.82, 2.24) is 4.57 Å². The molecule has 0 radical (unpaired) electrons. The van der Waals surface area contributed by atoms with E-state index < -0.39 is 0 Å². The van der Waals surface area contributed by atoms with E-state index in [2.05, 4.69) is 15.9 Å². The minimum Gasteiger partial charge on any atom is -0.311 e. The van der Waals surface area contributed by atoms with Crippen LogP contribution in [0.25, 0.3) is 0 Å². The summed E-state index contributed by atoms with van der Waals surface area (Å²) in [6.07, 6.45) is 3.42. The second-order valence-electron chi connectivity index (χ2n) is 2.18. The van der Waals surface area contributed by atoms with Crippen molar-refractivity contribution in [2.24, 2.45) is 0 Å². The molecule has 0 bridgehead atoms. The fourth-order valence-corrected chi connectivity index (χ4v) is 1.26. The molecule has 64 valence electrons. The van der Waals surface area contributed by atoms with Crippen LogP contribution in [0.2, 0.25) is 0 Å². The Morgan fingerprint density at radius 1 is 1.67 bits per heavy atom. The van der Waals surface area contributed by atoms with E-state index in [1.54, 1.807) is 29.0 Å². The van der Waals surface area contributed by atoms with E-state index in [4.69, 9.17) is 11.6 Å². The van der Waals surface area contributed by atoms with Gasteiger partial charge in [-0.25, -0.2) is 0 Å². The van der Waals surface area contributed by atoms with E-state index >= 15 is 0 Å². The molecule has 1 rings (SSSR count). The van der Waals surface area contributed by atoms with Gasteiger partial charge >= 0.3 is 0 Å². The van der Waals surface area contributed by atoms with Gasteiger partial charge in [0.2, 0.25) is 0 Å². The number of nitrogens with zero attached hydrogens (tertiary/aromatic N) is 1. The van der Waals surface area contributed by atoms with Gasteiger partial charge in [0, 0.05) is 18.3 Å². The maximum Gasteiger partial charge on any atom is 0.265 e. The van der Waals surface area contributed by atoms with Crippen molar-refractivity contribution < 1.29 is 0 Å². The molecular weight excluding hydrogens is 241 g/mol. The minimum absolute atomic E-state index is 0.0488. The second kappa shape index (κ2) is 4.48. The van der Waals surface area contributed by atoms with Crippen molar-refractivity contribution in [3.05, 3.63) is 44.8 Å². The van der Waals surface area contributed by atoms with Crippen molar-refractivity contribution in [2.45, 2.75) is 6.54 Å². The molecule has 0 atom stereocenters. The van der Waals surface area contributed by atoms with Gasteiger partial charge in [0.15, 0.2) is 0 Å². The third-order valence-corrected chi connectivity index (χ3v) is 2.15. The molecule has 0 aliphatic rings. The third-order valence-electron chi connectivity index (χ3n) is 1.36. The van der Waals surface area contributed by atoms with Crippen molar-refractivity contribution >= 4 is 27.5 Å². The largest absolute Gasteiger partial charge is 0.311 e. The maximum atomic E-state index is 11.3. The van der Waals surface area contributed by atoms with Crippen LogP contribution in [0.15, 0.2) is 39.2 Å². The molecule has 2 nitrogen and oxygen atoms in total. The second-order valence-corrected chi connectivity index (χ2v) is 3.28. The molecule has 0 N–H and O–H groups in total. The Balaban J connectivity index is 3.00. The quantitative estimate of drug-likeness (QED) is 0.787. The molecule has 0 aliphatic heterocycles. The fourth-order valence-electron chi connectivity index (χ4n) is 0.805. The molecular formula is C8H7BrClNO. The van der Waals surface area contributed by atoms with Crippen LogP contribution in [0.4, 0.5) is 0 Å². The van der Waals surface area contributed by atoms with E-state index in [-0.39, 0.29) is 5.56 Å². The smallest absolute Gasteiger partial charge is 0.265 e. The highest BCUT2D eigenvalue weighted by atomic mass is 79.9. The summed E-state index contributed by atoms with van der Waals surface area (Å²) in [4.78, 5) is 11.3. The normalized spacial score (nSPS) is 10.8. The predicted octanol–water partition coefficient (Wildman–Crippen LogP) is 2.36. The van der Waals surface area contributed by atoms with E-state index in [9.17, 15) is 4.79 Å². The Labute approximate surface area is 83.6 Å². The van der Waals surface area contributed by atoms with Gasteiger partial charge in [-0.1, -0.05) is 17.7 Å². The number of pyridine rings is 1. The number of rotatable bonds is 2. The zero-order valence-electron chi connectivity index (χ0n) is 6.21. The number of hydrogen-bond acceptors (Lipinski definition) is 1. The molecule has 0 fully saturated rings. The number of aromatic nitrogens is 1. The van der Waals surface area contributed by atoms with Gasteiger partial charge in [-0.3, -0.25) is 4.79 Å². The van der Waals surface area contributed by atoms with Crippen molar-refractivity contribution in [3.63, 3.8) is 0 Å². The highest BCUT2D eigenvalue weighted by Gasteiger charge is 1.96. The Morgan fingerprint density at radius 3 is 3.08 bits per heavy atom. The molecule has 0 saturated heterocycles. The predicted molar refractivity (Wildman–Crippen MR) is 53.4 cm³/mol. The fraction of sp³-hybridized carbons (Fsp3) is 0.125. The summed E-state index contributed by atoms with van der Waals surface area (Å²) in [6.45, 7) is 0.502. The topological polar surface area (TPSA) is 22.0 Å². The molecule has 0 unspecified atom stereocenters. The molecule has 0 spiro atoms. The zero-order chi connectivity index (χ0) is 8.97. The SMILES string of the molecule is O=c1c(Br)cccn1C/C=C/Cl. The van der Waals surface area contributed by atoms with Gasteiger partial charge < -0.3 is 4.57 Å². The summed E-state index contributed by atoms with van der Waals surface area (Å²) < 4.78 is 2.12. The van der Waals surface area contributed by atoms with Crippen LogP contribution in [0.3, 0.4) is 0 Å². The van der Waals surface area contributed by atoms with E-state index in [1.807, 2.05) is 0 Å². The van der Waals surface area contributed by atoms with Gasteiger partial charge in [0.1, 0.15) is 0 Å². The van der Waals surface area contributed by atoms with Crippen LogP contribution in [-0.2, 0) is 6.54 Å². The number of allylic oxidation sites excluding steroid dienone is 1. The molecule has 1 aromatic heterocycles. The molecule has 0 aliphatic carbocycles. The molecule has 1 aromatic rings. The lowest BCUT2D eigenvalue weighted by Gasteiger charge is -2.00. The van der Waals surface area contributed by atoms with Gasteiger partial charge in [-0.05, 0) is 28.1 Å². The van der Waals surface area contributed by atoms with Crippen molar-refractivity contribution in [3.8, 4) is 0 Å². The van der Waals surface area contributed by atoms with Crippen molar-refractivity contribution in [2.75, 3.05) is 0 Å². The van der Waals surface area contributed by atoms with Gasteiger partial charge in [-0.2, -0.15) is 0 Å². The summed E-state index contributed by atoms with van der Waals surface area (Å²) in [7, 11) is 0. The maximum absolute atomic E-state index is 11.3. The summed E-state index contributed by atoms with van der Waals surface area (Å²) in [5, 5.41) is 0. The van der Waals surface area contributed by atoms with Crippen LogP contribution in [0.5, 0.6) is 0 Å². The van der Waals surface area contributed by atoms with Crippen LogP contribution in [-0.4, -0.2) is 4.57 Å². The van der Waals surface area contributed by atoms with Gasteiger partial charge in [-0.15, -0.1) is 0 Å². The Kier molecular flexibility index (Phi) is 3.56. The highest BCUT2D eigenvalue weighted by molar-refractivity contribution is 9.10. The van der Waals surface area contributed by atoms with Crippen LogP contribution < -0.4 is 5.56 Å². The lowest BCUT2D eigenvalue weighted by atomic mass is 10.4. The Bertz CT molecular complexity index is 345. The average Bonchev–Trinajstić information content (AvgIpc) is 2.08. The Hall–Kier alpha value is -0.540. The summed E-state index contributed by atoms with van der Waals surface area (Å²) >= 11 is 8.48. The molecule has 1 heterocycles. The molecule has 12 heavy (non-hydrogen) atoms. The summed E-state index contributed by atoms with van der Waals surface area (Å²) in [5.41, 5.74) is 1.35. The van der Waals surface area contributed by atoms with Crippen LogP contribution in [0, 0.1) is 0 Å². The van der Waals surface area contributed by atoms with Crippen LogP contribution in [0.1, 0.15) is 0 Å². The first-order valence-electron chi connectivity index (χ1n) is 3.36. The molecule has 4 heteroatoms. The molecule has 0 saturated carbocycles. The van der Waals surface area contributed by atoms with Crippen molar-refractivity contribution in [1.29, 1.82) is 0 Å². The van der Waals surface area contributed by atoms with Crippen LogP contribution >= 0.6 is 27.5 Å². The number of hydrogen-bond donors (Lipinski definition) is 0. The molecule has 0 aromatic carbocycles. The third kappa shape index (κ3) is 2.22. The first kappa shape index (κ1) is 9.55. The summed E-state index contributed by atoms with van der Waals surface area (Å²) in [6, 6.07) is 3.51. The minimum atomic E-state index is -0.0488. The number of halogens is 2. The Morgan fingerprint density at radius 2 is 2.42 bits per heavy atom. The van der Waals surface area contributed by atoms with Gasteiger partial charge in [0.25, 0.3) is 5.56 Å². The first-order valence-corrected chi connectivity index (χ1v) is 4.59. The standard InChI is InChI=1S/C8H7BrClNO/c9-7-3-1-5-11(8(7)12)6-2-4-10/h1-5H,6H2/b4-2+. The zero-order valence-corrected chi connectivity index (χ0v) is 8.55. The monoisotopic (exact) mass is 247 g/mol. The highest BCUT2D eigenvalue weighted by Crippen LogP contribution is 2.00. The first-order chi connectivity index (χ1) is 5.75. The van der Waals surface area contributed by atoms with E-state index in [0.717, 1.165) is 0 Å².